The number of carbonyl (C=O) groups is 3. The van der Waals surface area contributed by atoms with E-state index in [1.165, 1.54) is 5.56 Å². The Morgan fingerprint density at radius 2 is 1.72 bits per heavy atom. The number of hydrogen-bond acceptors (Lipinski definition) is 3. The van der Waals surface area contributed by atoms with Crippen LogP contribution < -0.4 is 0 Å². The van der Waals surface area contributed by atoms with Crippen molar-refractivity contribution in [2.45, 2.75) is 32.1 Å². The third kappa shape index (κ3) is 2.64. The Kier molecular flexibility index (Phi) is 3.55. The first-order chi connectivity index (χ1) is 8.58. The first-order valence-corrected chi connectivity index (χ1v) is 5.99. The highest BCUT2D eigenvalue weighted by atomic mass is 16.4. The normalized spacial score (nSPS) is 13.8. The summed E-state index contributed by atoms with van der Waals surface area (Å²) in [5, 5.41) is 8.50. The van der Waals surface area contributed by atoms with Crippen LogP contribution in [-0.4, -0.2) is 22.6 Å². The molecule has 0 atom stereocenters. The number of carboxylic acid groups (broad SMARTS) is 1. The van der Waals surface area contributed by atoms with Gasteiger partial charge in [-0.15, -0.1) is 0 Å². The Bertz CT molecular complexity index is 517. The van der Waals surface area contributed by atoms with E-state index in [1.54, 1.807) is 12.1 Å². The Morgan fingerprint density at radius 3 is 2.39 bits per heavy atom. The number of hydrogen-bond donors (Lipinski definition) is 1. The zero-order valence-electron chi connectivity index (χ0n) is 9.94. The lowest BCUT2D eigenvalue weighted by atomic mass is 9.89. The highest BCUT2D eigenvalue weighted by molar-refractivity contribution is 6.45. The van der Waals surface area contributed by atoms with Crippen LogP contribution in [0, 0.1) is 0 Å². The van der Waals surface area contributed by atoms with Crippen LogP contribution in [-0.2, 0) is 22.4 Å². The largest absolute Gasteiger partial charge is 0.481 e. The molecular weight excluding hydrogens is 232 g/mol. The van der Waals surface area contributed by atoms with Gasteiger partial charge in [-0.05, 0) is 42.9 Å². The van der Waals surface area contributed by atoms with E-state index < -0.39 is 24.0 Å². The van der Waals surface area contributed by atoms with Crippen molar-refractivity contribution in [2.75, 3.05) is 0 Å². The third-order valence-corrected chi connectivity index (χ3v) is 3.18. The molecular formula is C14H14O4. The fourth-order valence-corrected chi connectivity index (χ4v) is 2.25. The summed E-state index contributed by atoms with van der Waals surface area (Å²) < 4.78 is 0. The average molecular weight is 246 g/mol. The Labute approximate surface area is 105 Å². The minimum atomic E-state index is -1.27. The van der Waals surface area contributed by atoms with Gasteiger partial charge < -0.3 is 5.11 Å². The summed E-state index contributed by atoms with van der Waals surface area (Å²) >= 11 is 0. The maximum atomic E-state index is 11.8. The number of Topliss-reactive ketones (excluding diaryl/α,β-unsaturated/α-hetero) is 2. The molecule has 2 rings (SSSR count). The van der Waals surface area contributed by atoms with Crippen LogP contribution in [0.4, 0.5) is 0 Å². The van der Waals surface area contributed by atoms with Gasteiger partial charge in [0.15, 0.2) is 0 Å². The van der Waals surface area contributed by atoms with Gasteiger partial charge in [-0.3, -0.25) is 14.4 Å². The molecule has 4 heteroatoms. The van der Waals surface area contributed by atoms with E-state index in [1.807, 2.05) is 6.07 Å². The van der Waals surface area contributed by atoms with Gasteiger partial charge in [0.05, 0.1) is 0 Å². The lowest BCUT2D eigenvalue weighted by Crippen LogP contribution is -2.18. The number of ketones is 2. The minimum absolute atomic E-state index is 0.307. The number of aryl methyl sites for hydroxylation is 2. The molecule has 0 aromatic heterocycles. The average Bonchev–Trinajstić information content (AvgIpc) is 2.36. The number of carbonyl (C=O) groups excluding carboxylic acids is 2. The SMILES string of the molecule is O=C(O)CC(=O)C(=O)c1ccc2c(c1)CCCC2. The maximum Gasteiger partial charge on any atom is 0.311 e. The van der Waals surface area contributed by atoms with Gasteiger partial charge in [-0.2, -0.15) is 0 Å². The van der Waals surface area contributed by atoms with E-state index in [0.717, 1.165) is 31.2 Å². The molecule has 94 valence electrons. The van der Waals surface area contributed by atoms with Gasteiger partial charge in [0.25, 0.3) is 0 Å². The quantitative estimate of drug-likeness (QED) is 0.499. The van der Waals surface area contributed by atoms with Gasteiger partial charge in [-0.25, -0.2) is 0 Å². The van der Waals surface area contributed by atoms with Gasteiger partial charge in [0.1, 0.15) is 6.42 Å². The molecule has 1 aliphatic rings. The van der Waals surface area contributed by atoms with Gasteiger partial charge in [-0.1, -0.05) is 12.1 Å². The van der Waals surface area contributed by atoms with Crippen LogP contribution in [0.15, 0.2) is 18.2 Å². The summed E-state index contributed by atoms with van der Waals surface area (Å²) in [7, 11) is 0. The lowest BCUT2D eigenvalue weighted by Gasteiger charge is -2.15. The molecule has 0 fully saturated rings. The van der Waals surface area contributed by atoms with Crippen molar-refractivity contribution in [3.8, 4) is 0 Å². The Hall–Kier alpha value is -1.97. The van der Waals surface area contributed by atoms with Crippen LogP contribution in [0.25, 0.3) is 0 Å². The monoisotopic (exact) mass is 246 g/mol. The van der Waals surface area contributed by atoms with Crippen LogP contribution in [0.5, 0.6) is 0 Å². The van der Waals surface area contributed by atoms with Crippen molar-refractivity contribution in [1.29, 1.82) is 0 Å². The first-order valence-electron chi connectivity index (χ1n) is 5.99. The molecule has 18 heavy (non-hydrogen) atoms. The van der Waals surface area contributed by atoms with Crippen molar-refractivity contribution < 1.29 is 19.5 Å². The third-order valence-electron chi connectivity index (χ3n) is 3.18. The second-order valence-electron chi connectivity index (χ2n) is 4.51. The molecule has 0 heterocycles. The summed E-state index contributed by atoms with van der Waals surface area (Å²) in [6, 6.07) is 5.22. The van der Waals surface area contributed by atoms with E-state index in [9.17, 15) is 14.4 Å². The number of fused-ring (bicyclic) bond motifs is 1. The fourth-order valence-electron chi connectivity index (χ4n) is 2.25. The summed E-state index contributed by atoms with van der Waals surface area (Å²) in [5.74, 6) is -2.84. The molecule has 0 radical (unpaired) electrons. The molecule has 0 amide bonds. The number of aliphatic carboxylic acids is 1. The minimum Gasteiger partial charge on any atom is -0.481 e. The summed E-state index contributed by atoms with van der Waals surface area (Å²) in [6.45, 7) is 0. The molecule has 4 nitrogen and oxygen atoms in total. The summed E-state index contributed by atoms with van der Waals surface area (Å²) in [6.07, 6.45) is 3.43. The topological polar surface area (TPSA) is 71.4 Å². The highest BCUT2D eigenvalue weighted by Crippen LogP contribution is 2.22. The molecule has 0 bridgehead atoms. The molecule has 0 aliphatic heterocycles. The molecule has 0 saturated carbocycles. The smallest absolute Gasteiger partial charge is 0.311 e. The predicted octanol–water partition coefficient (Wildman–Crippen LogP) is 1.79. The number of benzene rings is 1. The summed E-state index contributed by atoms with van der Waals surface area (Å²) in [5.41, 5.74) is 2.64. The molecule has 0 unspecified atom stereocenters. The second kappa shape index (κ2) is 5.12. The standard InChI is InChI=1S/C14H14O4/c15-12(8-13(16)17)14(18)11-6-5-9-3-1-2-4-10(9)7-11/h5-7H,1-4,8H2,(H,16,17). The second-order valence-corrected chi connectivity index (χ2v) is 4.51. The van der Waals surface area contributed by atoms with E-state index >= 15 is 0 Å². The predicted molar refractivity (Wildman–Crippen MR) is 64.7 cm³/mol. The van der Waals surface area contributed by atoms with Crippen molar-refractivity contribution in [3.05, 3.63) is 34.9 Å². The molecule has 1 aromatic rings. The van der Waals surface area contributed by atoms with Crippen LogP contribution in [0.2, 0.25) is 0 Å². The van der Waals surface area contributed by atoms with E-state index in [0.29, 0.717) is 5.56 Å². The van der Waals surface area contributed by atoms with E-state index in [4.69, 9.17) is 5.11 Å². The molecule has 1 aliphatic carbocycles. The number of carboxylic acids is 1. The van der Waals surface area contributed by atoms with E-state index in [2.05, 4.69) is 0 Å². The van der Waals surface area contributed by atoms with Gasteiger partial charge >= 0.3 is 5.97 Å². The maximum absolute atomic E-state index is 11.8. The first kappa shape index (κ1) is 12.5. The number of rotatable bonds is 4. The zero-order valence-corrected chi connectivity index (χ0v) is 9.94. The summed E-state index contributed by atoms with van der Waals surface area (Å²) in [4.78, 5) is 33.5. The molecule has 0 saturated heterocycles. The van der Waals surface area contributed by atoms with Crippen LogP contribution >= 0.6 is 0 Å². The lowest BCUT2D eigenvalue weighted by molar-refractivity contribution is -0.139. The zero-order chi connectivity index (χ0) is 13.1. The molecule has 1 N–H and O–H groups in total. The van der Waals surface area contributed by atoms with Crippen molar-refractivity contribution in [3.63, 3.8) is 0 Å². The molecule has 0 spiro atoms. The fraction of sp³-hybridized carbons (Fsp3) is 0.357. The van der Waals surface area contributed by atoms with E-state index in [-0.39, 0.29) is 0 Å². The Balaban J connectivity index is 2.21. The van der Waals surface area contributed by atoms with Crippen LogP contribution in [0.1, 0.15) is 40.7 Å². The van der Waals surface area contributed by atoms with Gasteiger partial charge in [0.2, 0.25) is 11.6 Å². The Morgan fingerprint density at radius 1 is 1.06 bits per heavy atom. The highest BCUT2D eigenvalue weighted by Gasteiger charge is 2.20. The van der Waals surface area contributed by atoms with Crippen LogP contribution in [0.3, 0.4) is 0 Å². The van der Waals surface area contributed by atoms with Crippen molar-refractivity contribution in [1.82, 2.24) is 0 Å². The van der Waals surface area contributed by atoms with Crippen molar-refractivity contribution in [2.24, 2.45) is 0 Å². The van der Waals surface area contributed by atoms with Gasteiger partial charge in [0, 0.05) is 5.56 Å². The van der Waals surface area contributed by atoms with Crippen molar-refractivity contribution >= 4 is 17.5 Å². The molecule has 1 aromatic carbocycles.